The van der Waals surface area contributed by atoms with E-state index in [1.54, 1.807) is 18.3 Å². The molecule has 0 fully saturated rings. The van der Waals surface area contributed by atoms with Gasteiger partial charge < -0.3 is 4.90 Å². The first-order valence-electron chi connectivity index (χ1n) is 6.17. The Morgan fingerprint density at radius 1 is 1.28 bits per heavy atom. The van der Waals surface area contributed by atoms with Crippen LogP contribution in [0, 0.1) is 5.82 Å². The Balaban J connectivity index is 2.19. The Hall–Kier alpha value is -1.68. The molecule has 4 heteroatoms. The molecule has 2 rings (SSSR count). The molecule has 18 heavy (non-hydrogen) atoms. The molecule has 2 aromatic rings. The fraction of sp³-hybridized carbons (Fsp3) is 0.357. The van der Waals surface area contributed by atoms with Crippen molar-refractivity contribution in [1.29, 1.82) is 0 Å². The number of aromatic amines is 1. The summed E-state index contributed by atoms with van der Waals surface area (Å²) in [6, 6.07) is 6.51. The average molecular weight is 247 g/mol. The number of nitrogens with zero attached hydrogens (tertiary/aromatic N) is 2. The molecule has 0 atom stereocenters. The second-order valence-corrected chi connectivity index (χ2v) is 4.51. The minimum Gasteiger partial charge on any atom is -0.301 e. The Morgan fingerprint density at radius 3 is 2.67 bits per heavy atom. The molecule has 1 N–H and O–H groups in total. The van der Waals surface area contributed by atoms with E-state index in [9.17, 15) is 4.39 Å². The highest BCUT2D eigenvalue weighted by atomic mass is 19.1. The van der Waals surface area contributed by atoms with Gasteiger partial charge in [0.25, 0.3) is 0 Å². The van der Waals surface area contributed by atoms with E-state index in [2.05, 4.69) is 29.1 Å². The Kier molecular flexibility index (Phi) is 4.10. The lowest BCUT2D eigenvalue weighted by Crippen LogP contribution is -2.19. The van der Waals surface area contributed by atoms with Crippen molar-refractivity contribution in [3.05, 3.63) is 42.0 Å². The number of halogens is 1. The maximum Gasteiger partial charge on any atom is 0.123 e. The Bertz CT molecular complexity index is 490. The molecule has 0 unspecified atom stereocenters. The van der Waals surface area contributed by atoms with E-state index in [1.807, 2.05) is 0 Å². The van der Waals surface area contributed by atoms with E-state index < -0.39 is 0 Å². The van der Waals surface area contributed by atoms with E-state index in [1.165, 1.54) is 12.1 Å². The van der Waals surface area contributed by atoms with Gasteiger partial charge in [-0.2, -0.15) is 5.10 Å². The average Bonchev–Trinajstić information content (AvgIpc) is 2.78. The molecule has 0 aliphatic carbocycles. The SMILES string of the molecule is CCCN(C)Cc1[nH]ncc1-c1ccc(F)cc1. The number of nitrogens with one attached hydrogen (secondary N) is 1. The third-order valence-corrected chi connectivity index (χ3v) is 2.91. The summed E-state index contributed by atoms with van der Waals surface area (Å²) in [5, 5.41) is 7.11. The van der Waals surface area contributed by atoms with Crippen molar-refractivity contribution in [3.63, 3.8) is 0 Å². The van der Waals surface area contributed by atoms with Gasteiger partial charge in [0.1, 0.15) is 5.82 Å². The summed E-state index contributed by atoms with van der Waals surface area (Å²) in [5.74, 6) is -0.216. The monoisotopic (exact) mass is 247 g/mol. The van der Waals surface area contributed by atoms with E-state index in [-0.39, 0.29) is 5.82 Å². The largest absolute Gasteiger partial charge is 0.301 e. The second kappa shape index (κ2) is 5.78. The topological polar surface area (TPSA) is 31.9 Å². The minimum atomic E-state index is -0.216. The molecule has 0 radical (unpaired) electrons. The molecule has 96 valence electrons. The summed E-state index contributed by atoms with van der Waals surface area (Å²) in [4.78, 5) is 2.24. The van der Waals surface area contributed by atoms with Crippen molar-refractivity contribution in [2.45, 2.75) is 19.9 Å². The van der Waals surface area contributed by atoms with Gasteiger partial charge in [-0.15, -0.1) is 0 Å². The molecular formula is C14H18FN3. The van der Waals surface area contributed by atoms with E-state index in [0.717, 1.165) is 36.3 Å². The molecule has 0 aliphatic rings. The summed E-state index contributed by atoms with van der Waals surface area (Å²) in [7, 11) is 2.08. The lowest BCUT2D eigenvalue weighted by atomic mass is 10.1. The first kappa shape index (κ1) is 12.8. The molecule has 1 aromatic carbocycles. The van der Waals surface area contributed by atoms with Gasteiger partial charge in [0.05, 0.1) is 11.9 Å². The third-order valence-electron chi connectivity index (χ3n) is 2.91. The van der Waals surface area contributed by atoms with Crippen LogP contribution in [0.2, 0.25) is 0 Å². The maximum atomic E-state index is 12.9. The lowest BCUT2D eigenvalue weighted by molar-refractivity contribution is 0.324. The first-order chi connectivity index (χ1) is 8.70. The number of rotatable bonds is 5. The fourth-order valence-corrected chi connectivity index (χ4v) is 2.04. The molecule has 0 amide bonds. The molecule has 0 saturated carbocycles. The standard InChI is InChI=1S/C14H18FN3/c1-3-8-18(2)10-14-13(9-16-17-14)11-4-6-12(15)7-5-11/h4-7,9H,3,8,10H2,1-2H3,(H,16,17). The Morgan fingerprint density at radius 2 is 2.00 bits per heavy atom. The minimum absolute atomic E-state index is 0.216. The van der Waals surface area contributed by atoms with Crippen LogP contribution >= 0.6 is 0 Å². The number of H-pyrrole nitrogens is 1. The van der Waals surface area contributed by atoms with Crippen LogP contribution in [0.25, 0.3) is 11.1 Å². The van der Waals surface area contributed by atoms with Crippen molar-refractivity contribution in [2.24, 2.45) is 0 Å². The second-order valence-electron chi connectivity index (χ2n) is 4.51. The van der Waals surface area contributed by atoms with Gasteiger partial charge in [-0.1, -0.05) is 19.1 Å². The zero-order chi connectivity index (χ0) is 13.0. The maximum absolute atomic E-state index is 12.9. The van der Waals surface area contributed by atoms with Crippen molar-refractivity contribution < 1.29 is 4.39 Å². The van der Waals surface area contributed by atoms with Gasteiger partial charge >= 0.3 is 0 Å². The highest BCUT2D eigenvalue weighted by Gasteiger charge is 2.09. The van der Waals surface area contributed by atoms with Gasteiger partial charge in [-0.05, 0) is 37.7 Å². The number of aromatic nitrogens is 2. The molecule has 1 heterocycles. The van der Waals surface area contributed by atoms with Crippen LogP contribution in [-0.4, -0.2) is 28.7 Å². The van der Waals surface area contributed by atoms with Crippen LogP contribution in [0.5, 0.6) is 0 Å². The summed E-state index contributed by atoms with van der Waals surface area (Å²) < 4.78 is 12.9. The van der Waals surface area contributed by atoms with Gasteiger partial charge in [-0.25, -0.2) is 4.39 Å². The quantitative estimate of drug-likeness (QED) is 0.880. The molecule has 0 spiro atoms. The summed E-state index contributed by atoms with van der Waals surface area (Å²) in [6.45, 7) is 4.02. The molecular weight excluding hydrogens is 229 g/mol. The molecule has 0 saturated heterocycles. The molecule has 3 nitrogen and oxygen atoms in total. The zero-order valence-electron chi connectivity index (χ0n) is 10.8. The van der Waals surface area contributed by atoms with Crippen molar-refractivity contribution in [2.75, 3.05) is 13.6 Å². The van der Waals surface area contributed by atoms with Gasteiger partial charge in [0, 0.05) is 12.1 Å². The zero-order valence-corrected chi connectivity index (χ0v) is 10.8. The highest BCUT2D eigenvalue weighted by Crippen LogP contribution is 2.23. The summed E-state index contributed by atoms with van der Waals surface area (Å²) in [6.07, 6.45) is 2.92. The highest BCUT2D eigenvalue weighted by molar-refractivity contribution is 5.64. The van der Waals surface area contributed by atoms with Gasteiger partial charge in [0.15, 0.2) is 0 Å². The fourth-order valence-electron chi connectivity index (χ4n) is 2.04. The number of hydrogen-bond donors (Lipinski definition) is 1. The number of benzene rings is 1. The van der Waals surface area contributed by atoms with Crippen LogP contribution in [0.3, 0.4) is 0 Å². The first-order valence-corrected chi connectivity index (χ1v) is 6.17. The van der Waals surface area contributed by atoms with E-state index in [0.29, 0.717) is 0 Å². The van der Waals surface area contributed by atoms with Crippen molar-refractivity contribution >= 4 is 0 Å². The van der Waals surface area contributed by atoms with Crippen molar-refractivity contribution in [1.82, 2.24) is 15.1 Å². The van der Waals surface area contributed by atoms with Crippen LogP contribution in [0.1, 0.15) is 19.0 Å². The lowest BCUT2D eigenvalue weighted by Gasteiger charge is -2.15. The molecule has 0 aliphatic heterocycles. The summed E-state index contributed by atoms with van der Waals surface area (Å²) >= 11 is 0. The Labute approximate surface area is 107 Å². The van der Waals surface area contributed by atoms with Gasteiger partial charge in [0.2, 0.25) is 0 Å². The van der Waals surface area contributed by atoms with Crippen molar-refractivity contribution in [3.8, 4) is 11.1 Å². The molecule has 0 bridgehead atoms. The predicted octanol–water partition coefficient (Wildman–Crippen LogP) is 3.06. The van der Waals surface area contributed by atoms with E-state index in [4.69, 9.17) is 0 Å². The van der Waals surface area contributed by atoms with Crippen LogP contribution in [0.15, 0.2) is 30.5 Å². The predicted molar refractivity (Wildman–Crippen MR) is 70.6 cm³/mol. The third kappa shape index (κ3) is 2.96. The van der Waals surface area contributed by atoms with Gasteiger partial charge in [-0.3, -0.25) is 5.10 Å². The molecule has 1 aromatic heterocycles. The summed E-state index contributed by atoms with van der Waals surface area (Å²) in [5.41, 5.74) is 3.10. The van der Waals surface area contributed by atoms with Crippen LogP contribution < -0.4 is 0 Å². The number of hydrogen-bond acceptors (Lipinski definition) is 2. The van der Waals surface area contributed by atoms with Crippen LogP contribution in [0.4, 0.5) is 4.39 Å². The van der Waals surface area contributed by atoms with E-state index >= 15 is 0 Å². The van der Waals surface area contributed by atoms with Crippen LogP contribution in [-0.2, 0) is 6.54 Å². The normalized spacial score (nSPS) is 11.1. The smallest absolute Gasteiger partial charge is 0.123 e.